The quantitative estimate of drug-likeness (QED) is 0.663. The lowest BCUT2D eigenvalue weighted by molar-refractivity contribution is 0.557. The SMILES string of the molecule is NNC(Cc1cccs1)c1cc(Cl)sc1Cl. The van der Waals surface area contributed by atoms with Gasteiger partial charge in [0.25, 0.3) is 0 Å². The van der Waals surface area contributed by atoms with Crippen LogP contribution in [0.1, 0.15) is 16.5 Å². The van der Waals surface area contributed by atoms with Crippen LogP contribution in [-0.4, -0.2) is 0 Å². The van der Waals surface area contributed by atoms with Crippen LogP contribution >= 0.6 is 45.9 Å². The van der Waals surface area contributed by atoms with E-state index in [1.165, 1.54) is 16.2 Å². The molecule has 2 heterocycles. The van der Waals surface area contributed by atoms with Crippen molar-refractivity contribution in [2.75, 3.05) is 0 Å². The molecule has 0 fully saturated rings. The summed E-state index contributed by atoms with van der Waals surface area (Å²) in [7, 11) is 0. The minimum atomic E-state index is 0.00917. The maximum Gasteiger partial charge on any atom is 0.0992 e. The molecule has 0 bridgehead atoms. The lowest BCUT2D eigenvalue weighted by Gasteiger charge is -2.14. The molecular formula is C10H10Cl2N2S2. The Morgan fingerprint density at radius 1 is 1.44 bits per heavy atom. The lowest BCUT2D eigenvalue weighted by Crippen LogP contribution is -2.29. The molecule has 16 heavy (non-hydrogen) atoms. The van der Waals surface area contributed by atoms with Gasteiger partial charge in [-0.15, -0.1) is 22.7 Å². The zero-order valence-electron chi connectivity index (χ0n) is 8.24. The van der Waals surface area contributed by atoms with Crippen molar-refractivity contribution in [1.29, 1.82) is 0 Å². The third-order valence-electron chi connectivity index (χ3n) is 2.25. The largest absolute Gasteiger partial charge is 0.271 e. The van der Waals surface area contributed by atoms with Crippen LogP contribution in [0.2, 0.25) is 8.67 Å². The summed E-state index contributed by atoms with van der Waals surface area (Å²) >= 11 is 15.1. The zero-order chi connectivity index (χ0) is 11.5. The molecule has 0 amide bonds. The Hall–Kier alpha value is -0.100. The molecule has 0 aliphatic carbocycles. The predicted octanol–water partition coefficient (Wildman–Crippen LogP) is 3.86. The van der Waals surface area contributed by atoms with E-state index in [1.807, 2.05) is 17.5 Å². The van der Waals surface area contributed by atoms with Gasteiger partial charge in [0.15, 0.2) is 0 Å². The smallest absolute Gasteiger partial charge is 0.0992 e. The number of hydrogen-bond donors (Lipinski definition) is 2. The fourth-order valence-electron chi connectivity index (χ4n) is 1.48. The Balaban J connectivity index is 2.19. The molecule has 1 unspecified atom stereocenters. The van der Waals surface area contributed by atoms with E-state index in [0.717, 1.165) is 12.0 Å². The second-order valence-electron chi connectivity index (χ2n) is 3.28. The highest BCUT2D eigenvalue weighted by Crippen LogP contribution is 2.36. The molecule has 86 valence electrons. The summed E-state index contributed by atoms with van der Waals surface area (Å²) < 4.78 is 1.39. The van der Waals surface area contributed by atoms with E-state index in [4.69, 9.17) is 29.0 Å². The topological polar surface area (TPSA) is 38.0 Å². The van der Waals surface area contributed by atoms with Crippen LogP contribution in [0.5, 0.6) is 0 Å². The molecule has 1 atom stereocenters. The van der Waals surface area contributed by atoms with Gasteiger partial charge in [0, 0.05) is 16.9 Å². The second kappa shape index (κ2) is 5.49. The molecule has 0 aromatic carbocycles. The van der Waals surface area contributed by atoms with Crippen molar-refractivity contribution in [1.82, 2.24) is 5.43 Å². The lowest BCUT2D eigenvalue weighted by atomic mass is 10.1. The van der Waals surface area contributed by atoms with E-state index in [2.05, 4.69) is 11.5 Å². The third-order valence-corrected chi connectivity index (χ3v) is 4.66. The van der Waals surface area contributed by atoms with Gasteiger partial charge < -0.3 is 0 Å². The maximum absolute atomic E-state index is 6.10. The summed E-state index contributed by atoms with van der Waals surface area (Å²) in [6.45, 7) is 0. The van der Waals surface area contributed by atoms with Crippen LogP contribution in [-0.2, 0) is 6.42 Å². The van der Waals surface area contributed by atoms with Crippen LogP contribution in [0.4, 0.5) is 0 Å². The van der Waals surface area contributed by atoms with Gasteiger partial charge in [-0.2, -0.15) is 0 Å². The zero-order valence-corrected chi connectivity index (χ0v) is 11.4. The molecular weight excluding hydrogens is 283 g/mol. The number of hydrogen-bond acceptors (Lipinski definition) is 4. The van der Waals surface area contributed by atoms with Crippen molar-refractivity contribution in [3.8, 4) is 0 Å². The Bertz CT molecular complexity index is 453. The molecule has 2 nitrogen and oxygen atoms in total. The highest BCUT2D eigenvalue weighted by atomic mass is 35.5. The molecule has 6 heteroatoms. The van der Waals surface area contributed by atoms with Gasteiger partial charge >= 0.3 is 0 Å². The van der Waals surface area contributed by atoms with E-state index in [1.54, 1.807) is 11.3 Å². The molecule has 2 rings (SSSR count). The fourth-order valence-corrected chi connectivity index (χ4v) is 3.81. The number of hydrazine groups is 1. The standard InChI is InChI=1S/C10H10Cl2N2S2/c11-9-5-7(10(12)16-9)8(14-13)4-6-2-1-3-15-6/h1-3,5,8,14H,4,13H2. The summed E-state index contributed by atoms with van der Waals surface area (Å²) in [6, 6.07) is 5.98. The summed E-state index contributed by atoms with van der Waals surface area (Å²) in [5.74, 6) is 5.56. The Morgan fingerprint density at radius 2 is 2.25 bits per heavy atom. The van der Waals surface area contributed by atoms with E-state index in [9.17, 15) is 0 Å². The molecule has 0 saturated heterocycles. The molecule has 0 aliphatic rings. The van der Waals surface area contributed by atoms with Gasteiger partial charge in [-0.1, -0.05) is 29.3 Å². The average Bonchev–Trinajstić information content (AvgIpc) is 2.85. The van der Waals surface area contributed by atoms with Crippen LogP contribution in [0, 0.1) is 0 Å². The van der Waals surface area contributed by atoms with Gasteiger partial charge in [0.2, 0.25) is 0 Å². The molecule has 0 spiro atoms. The first-order valence-corrected chi connectivity index (χ1v) is 7.09. The second-order valence-corrected chi connectivity index (χ2v) is 6.60. The number of thiophene rings is 2. The first kappa shape index (κ1) is 12.4. The molecule has 0 radical (unpaired) electrons. The minimum Gasteiger partial charge on any atom is -0.271 e. The summed E-state index contributed by atoms with van der Waals surface area (Å²) in [5, 5.41) is 2.05. The monoisotopic (exact) mass is 292 g/mol. The van der Waals surface area contributed by atoms with Gasteiger partial charge in [-0.25, -0.2) is 0 Å². The van der Waals surface area contributed by atoms with E-state index in [0.29, 0.717) is 8.67 Å². The number of nitrogens with two attached hydrogens (primary N) is 1. The molecule has 0 saturated carbocycles. The van der Waals surface area contributed by atoms with Crippen molar-refractivity contribution >= 4 is 45.9 Å². The fraction of sp³-hybridized carbons (Fsp3) is 0.200. The van der Waals surface area contributed by atoms with Crippen LogP contribution in [0.15, 0.2) is 23.6 Å². The molecule has 2 aromatic rings. The van der Waals surface area contributed by atoms with Crippen molar-refractivity contribution in [2.24, 2.45) is 5.84 Å². The van der Waals surface area contributed by atoms with E-state index in [-0.39, 0.29) is 6.04 Å². The number of rotatable bonds is 4. The third kappa shape index (κ3) is 2.77. The van der Waals surface area contributed by atoms with Crippen molar-refractivity contribution in [3.05, 3.63) is 42.7 Å². The summed E-state index contributed by atoms with van der Waals surface area (Å²) in [4.78, 5) is 1.27. The van der Waals surface area contributed by atoms with Crippen molar-refractivity contribution in [3.63, 3.8) is 0 Å². The van der Waals surface area contributed by atoms with Crippen molar-refractivity contribution < 1.29 is 0 Å². The molecule has 0 aliphatic heterocycles. The van der Waals surface area contributed by atoms with E-state index >= 15 is 0 Å². The Morgan fingerprint density at radius 3 is 2.75 bits per heavy atom. The number of halogens is 2. The maximum atomic E-state index is 6.10. The first-order chi connectivity index (χ1) is 7.70. The minimum absolute atomic E-state index is 0.00917. The van der Waals surface area contributed by atoms with Crippen LogP contribution in [0.3, 0.4) is 0 Å². The van der Waals surface area contributed by atoms with Crippen LogP contribution in [0.25, 0.3) is 0 Å². The highest BCUT2D eigenvalue weighted by Gasteiger charge is 2.17. The Kier molecular flexibility index (Phi) is 4.24. The predicted molar refractivity (Wildman–Crippen MR) is 72.4 cm³/mol. The average molecular weight is 293 g/mol. The first-order valence-electron chi connectivity index (χ1n) is 4.64. The highest BCUT2D eigenvalue weighted by molar-refractivity contribution is 7.20. The number of nitrogens with one attached hydrogen (secondary N) is 1. The van der Waals surface area contributed by atoms with Gasteiger partial charge in [-0.3, -0.25) is 11.3 Å². The van der Waals surface area contributed by atoms with Crippen LogP contribution < -0.4 is 11.3 Å². The van der Waals surface area contributed by atoms with Gasteiger partial charge in [0.05, 0.1) is 14.7 Å². The van der Waals surface area contributed by atoms with E-state index < -0.39 is 0 Å². The van der Waals surface area contributed by atoms with Crippen molar-refractivity contribution in [2.45, 2.75) is 12.5 Å². The summed E-state index contributed by atoms with van der Waals surface area (Å²) in [5.41, 5.74) is 3.75. The van der Waals surface area contributed by atoms with Gasteiger partial charge in [0.1, 0.15) is 0 Å². The molecule has 3 N–H and O–H groups in total. The summed E-state index contributed by atoms with van der Waals surface area (Å²) in [6.07, 6.45) is 0.820. The van der Waals surface area contributed by atoms with Gasteiger partial charge in [-0.05, 0) is 17.5 Å². The normalized spacial score (nSPS) is 12.9. The Labute approximate surface area is 112 Å². The molecule has 2 aromatic heterocycles.